The number of anilines is 1. The van der Waals surface area contributed by atoms with E-state index in [-0.39, 0.29) is 17.4 Å². The number of Topliss-reactive ketones (excluding diaryl/α,β-unsaturated/α-hetero) is 1. The number of nitrogens with one attached hydrogen (secondary N) is 1. The molecular formula is C30H26N2O5. The molecule has 2 unspecified atom stereocenters. The van der Waals surface area contributed by atoms with Crippen LogP contribution in [0.1, 0.15) is 36.6 Å². The van der Waals surface area contributed by atoms with Crippen molar-refractivity contribution in [1.82, 2.24) is 4.98 Å². The zero-order valence-corrected chi connectivity index (χ0v) is 20.5. The largest absolute Gasteiger partial charge is 0.507 e. The highest BCUT2D eigenvalue weighted by Crippen LogP contribution is 2.45. The number of amides is 1. The molecule has 1 fully saturated rings. The van der Waals surface area contributed by atoms with Gasteiger partial charge in [-0.05, 0) is 55.8 Å². The molecule has 0 aliphatic carbocycles. The Hall–Kier alpha value is -4.52. The number of aromatic amines is 1. The first kappa shape index (κ1) is 22.9. The van der Waals surface area contributed by atoms with Gasteiger partial charge in [0.1, 0.15) is 23.4 Å². The van der Waals surface area contributed by atoms with Crippen LogP contribution in [0.4, 0.5) is 5.69 Å². The number of rotatable bonds is 5. The van der Waals surface area contributed by atoms with Crippen LogP contribution in [0.5, 0.6) is 11.5 Å². The standard InChI is InChI=1S/C30H26N2O5/c1-3-36-21-8-6-7-20(15-21)32-27(23-16-31-24-10-5-4-9-22(23)24)26(29(34)30(32)35)28(33)18-11-12-25-19(14-18)13-17(2)37-25/h4-12,14-17,27,31,33H,3,13H2,1-2H3/b28-26+. The monoisotopic (exact) mass is 494 g/mol. The molecule has 0 bridgehead atoms. The van der Waals surface area contributed by atoms with Crippen molar-refractivity contribution in [3.05, 3.63) is 95.2 Å². The second-order valence-corrected chi connectivity index (χ2v) is 9.34. The van der Waals surface area contributed by atoms with Crippen molar-refractivity contribution in [2.75, 3.05) is 11.5 Å². The van der Waals surface area contributed by atoms with Gasteiger partial charge in [0.25, 0.3) is 11.7 Å². The maximum atomic E-state index is 13.6. The van der Waals surface area contributed by atoms with Crippen LogP contribution in [0.15, 0.2) is 78.5 Å². The summed E-state index contributed by atoms with van der Waals surface area (Å²) in [5.74, 6) is -0.291. The average Bonchev–Trinajstić information content (AvgIpc) is 3.56. The molecule has 1 amide bonds. The number of aromatic nitrogens is 1. The Morgan fingerprint density at radius 3 is 2.78 bits per heavy atom. The molecule has 2 atom stereocenters. The number of hydrogen-bond donors (Lipinski definition) is 2. The molecule has 1 aromatic heterocycles. The van der Waals surface area contributed by atoms with E-state index in [0.717, 1.165) is 27.8 Å². The summed E-state index contributed by atoms with van der Waals surface area (Å²) in [5.41, 5.74) is 3.58. The predicted molar refractivity (Wildman–Crippen MR) is 141 cm³/mol. The van der Waals surface area contributed by atoms with Crippen molar-refractivity contribution in [1.29, 1.82) is 0 Å². The molecule has 7 heteroatoms. The zero-order chi connectivity index (χ0) is 25.7. The molecule has 0 spiro atoms. The van der Waals surface area contributed by atoms with Crippen molar-refractivity contribution in [3.63, 3.8) is 0 Å². The van der Waals surface area contributed by atoms with Crippen molar-refractivity contribution in [3.8, 4) is 11.5 Å². The Balaban J connectivity index is 1.56. The topological polar surface area (TPSA) is 91.9 Å². The van der Waals surface area contributed by atoms with Gasteiger partial charge in [0.15, 0.2) is 0 Å². The Bertz CT molecular complexity index is 1580. The van der Waals surface area contributed by atoms with Gasteiger partial charge in [0, 0.05) is 46.4 Å². The average molecular weight is 495 g/mol. The summed E-state index contributed by atoms with van der Waals surface area (Å²) in [6.45, 7) is 4.33. The number of nitrogens with zero attached hydrogens (tertiary/aromatic N) is 1. The maximum absolute atomic E-state index is 13.6. The Kier molecular flexibility index (Phi) is 5.48. The van der Waals surface area contributed by atoms with E-state index in [0.29, 0.717) is 30.0 Å². The highest BCUT2D eigenvalue weighted by molar-refractivity contribution is 6.52. The first-order valence-electron chi connectivity index (χ1n) is 12.4. The predicted octanol–water partition coefficient (Wildman–Crippen LogP) is 5.52. The molecule has 2 N–H and O–H groups in total. The number of ketones is 1. The number of fused-ring (bicyclic) bond motifs is 2. The number of H-pyrrole nitrogens is 1. The molecule has 7 nitrogen and oxygen atoms in total. The molecule has 0 saturated carbocycles. The van der Waals surface area contributed by atoms with Crippen molar-refractivity contribution in [2.45, 2.75) is 32.4 Å². The van der Waals surface area contributed by atoms with Crippen molar-refractivity contribution in [2.24, 2.45) is 0 Å². The minimum Gasteiger partial charge on any atom is -0.507 e. The summed E-state index contributed by atoms with van der Waals surface area (Å²) in [6.07, 6.45) is 2.55. The maximum Gasteiger partial charge on any atom is 0.300 e. The van der Waals surface area contributed by atoms with E-state index in [2.05, 4.69) is 4.98 Å². The van der Waals surface area contributed by atoms with Gasteiger partial charge in [-0.3, -0.25) is 14.5 Å². The third-order valence-electron chi connectivity index (χ3n) is 6.94. The molecule has 6 rings (SSSR count). The lowest BCUT2D eigenvalue weighted by Crippen LogP contribution is -2.29. The molecule has 2 aliphatic rings. The Morgan fingerprint density at radius 2 is 1.95 bits per heavy atom. The minimum atomic E-state index is -0.837. The third-order valence-corrected chi connectivity index (χ3v) is 6.94. The first-order valence-corrected chi connectivity index (χ1v) is 12.4. The second-order valence-electron chi connectivity index (χ2n) is 9.34. The number of ether oxygens (including phenoxy) is 2. The minimum absolute atomic E-state index is 0.0433. The van der Waals surface area contributed by atoms with Crippen LogP contribution in [-0.4, -0.2) is 34.5 Å². The lowest BCUT2D eigenvalue weighted by atomic mass is 9.94. The SMILES string of the molecule is CCOc1cccc(N2C(=O)C(=O)/C(=C(/O)c3ccc4c(c3)CC(C)O4)C2c2c[nH]c3ccccc23)c1. The number of aliphatic hydroxyl groups excluding tert-OH is 1. The summed E-state index contributed by atoms with van der Waals surface area (Å²) in [4.78, 5) is 31.8. The number of carbonyl (C=O) groups excluding carboxylic acids is 2. The Morgan fingerprint density at radius 1 is 1.11 bits per heavy atom. The zero-order valence-electron chi connectivity index (χ0n) is 20.5. The smallest absolute Gasteiger partial charge is 0.300 e. The second kappa shape index (κ2) is 8.85. The molecule has 3 heterocycles. The molecule has 186 valence electrons. The van der Waals surface area contributed by atoms with Crippen LogP contribution < -0.4 is 14.4 Å². The molecule has 3 aromatic carbocycles. The first-order chi connectivity index (χ1) is 18.0. The van der Waals surface area contributed by atoms with Crippen LogP contribution in [0, 0.1) is 0 Å². The summed E-state index contributed by atoms with van der Waals surface area (Å²) < 4.78 is 11.5. The van der Waals surface area contributed by atoms with Crippen LogP contribution in [0.3, 0.4) is 0 Å². The van der Waals surface area contributed by atoms with E-state index >= 15 is 0 Å². The number of para-hydroxylation sites is 1. The molecular weight excluding hydrogens is 468 g/mol. The van der Waals surface area contributed by atoms with Crippen LogP contribution in [0.2, 0.25) is 0 Å². The summed E-state index contributed by atoms with van der Waals surface area (Å²) >= 11 is 0. The molecule has 1 saturated heterocycles. The van der Waals surface area contributed by atoms with E-state index in [1.54, 1.807) is 42.6 Å². The highest BCUT2D eigenvalue weighted by Gasteiger charge is 2.48. The quantitative estimate of drug-likeness (QED) is 0.217. The van der Waals surface area contributed by atoms with Gasteiger partial charge in [0.05, 0.1) is 18.2 Å². The van der Waals surface area contributed by atoms with Gasteiger partial charge < -0.3 is 19.6 Å². The van der Waals surface area contributed by atoms with Gasteiger partial charge in [-0.2, -0.15) is 0 Å². The van der Waals surface area contributed by atoms with Crippen LogP contribution >= 0.6 is 0 Å². The van der Waals surface area contributed by atoms with E-state index in [4.69, 9.17) is 9.47 Å². The third kappa shape index (κ3) is 3.74. The molecule has 2 aliphatic heterocycles. The Labute approximate surface area is 213 Å². The fourth-order valence-corrected chi connectivity index (χ4v) is 5.33. The summed E-state index contributed by atoms with van der Waals surface area (Å²) in [7, 11) is 0. The lowest BCUT2D eigenvalue weighted by molar-refractivity contribution is -0.132. The van der Waals surface area contributed by atoms with Gasteiger partial charge >= 0.3 is 0 Å². The molecule has 0 radical (unpaired) electrons. The summed E-state index contributed by atoms with van der Waals surface area (Å²) in [5, 5.41) is 12.4. The molecule has 37 heavy (non-hydrogen) atoms. The van der Waals surface area contributed by atoms with Gasteiger partial charge in [-0.15, -0.1) is 0 Å². The summed E-state index contributed by atoms with van der Waals surface area (Å²) in [6, 6.07) is 19.3. The van der Waals surface area contributed by atoms with Gasteiger partial charge in [-0.1, -0.05) is 24.3 Å². The number of hydrogen-bond acceptors (Lipinski definition) is 5. The number of benzene rings is 3. The number of aliphatic hydroxyl groups is 1. The van der Waals surface area contributed by atoms with E-state index in [1.807, 2.05) is 44.2 Å². The van der Waals surface area contributed by atoms with Crippen molar-refractivity contribution < 1.29 is 24.2 Å². The molecule has 4 aromatic rings. The van der Waals surface area contributed by atoms with Crippen LogP contribution in [0.25, 0.3) is 16.7 Å². The fraction of sp³-hybridized carbons (Fsp3) is 0.200. The normalized spacial score (nSPS) is 20.3. The number of carbonyl (C=O) groups is 2. The van der Waals surface area contributed by atoms with E-state index < -0.39 is 17.7 Å². The highest BCUT2D eigenvalue weighted by atomic mass is 16.5. The van der Waals surface area contributed by atoms with Crippen molar-refractivity contribution >= 4 is 34.0 Å². The van der Waals surface area contributed by atoms with E-state index in [1.165, 1.54) is 4.90 Å². The van der Waals surface area contributed by atoms with Crippen LogP contribution in [-0.2, 0) is 16.0 Å². The van der Waals surface area contributed by atoms with Gasteiger partial charge in [0.2, 0.25) is 0 Å². The van der Waals surface area contributed by atoms with Gasteiger partial charge in [-0.25, -0.2) is 0 Å². The fourth-order valence-electron chi connectivity index (χ4n) is 5.33. The lowest BCUT2D eigenvalue weighted by Gasteiger charge is -2.25. The van der Waals surface area contributed by atoms with E-state index in [9.17, 15) is 14.7 Å².